The predicted molar refractivity (Wildman–Crippen MR) is 82.2 cm³/mol. The van der Waals surface area contributed by atoms with Gasteiger partial charge in [-0.15, -0.1) is 0 Å². The molecule has 6 rings (SSSR count). The summed E-state index contributed by atoms with van der Waals surface area (Å²) >= 11 is 0. The molecular formula is C19H24O4. The predicted octanol–water partition coefficient (Wildman–Crippen LogP) is 2.25. The Bertz CT molecular complexity index is 650. The zero-order valence-corrected chi connectivity index (χ0v) is 13.7. The van der Waals surface area contributed by atoms with Crippen LogP contribution in [0.4, 0.5) is 0 Å². The van der Waals surface area contributed by atoms with Crippen molar-refractivity contribution in [3.63, 3.8) is 0 Å². The van der Waals surface area contributed by atoms with Gasteiger partial charge in [0.1, 0.15) is 6.10 Å². The third-order valence-corrected chi connectivity index (χ3v) is 7.65. The lowest BCUT2D eigenvalue weighted by Gasteiger charge is -2.59. The van der Waals surface area contributed by atoms with E-state index in [1.807, 2.05) is 0 Å². The van der Waals surface area contributed by atoms with Crippen LogP contribution in [-0.2, 0) is 14.3 Å². The largest absolute Gasteiger partial charge is 0.461 e. The molecule has 8 atom stereocenters. The fourth-order valence-electron chi connectivity index (χ4n) is 6.79. The highest BCUT2D eigenvalue weighted by molar-refractivity contribution is 6.04. The summed E-state index contributed by atoms with van der Waals surface area (Å²) in [5.41, 5.74) is 1.74. The van der Waals surface area contributed by atoms with Crippen LogP contribution in [0.5, 0.6) is 0 Å². The van der Waals surface area contributed by atoms with Gasteiger partial charge in [0.2, 0.25) is 0 Å². The molecule has 4 aliphatic carbocycles. The molecule has 1 unspecified atom stereocenters. The smallest absolute Gasteiger partial charge is 0.313 e. The number of fused-ring (bicyclic) bond motifs is 2. The van der Waals surface area contributed by atoms with Crippen molar-refractivity contribution in [2.24, 2.45) is 35.0 Å². The van der Waals surface area contributed by atoms with Crippen LogP contribution in [0, 0.1) is 35.0 Å². The number of esters is 1. The topological polar surface area (TPSA) is 63.6 Å². The summed E-state index contributed by atoms with van der Waals surface area (Å²) in [6.45, 7) is 4.24. The summed E-state index contributed by atoms with van der Waals surface area (Å²) in [6, 6.07) is 0. The highest BCUT2D eigenvalue weighted by Gasteiger charge is 2.71. The van der Waals surface area contributed by atoms with Crippen LogP contribution >= 0.6 is 0 Å². The third kappa shape index (κ3) is 1.47. The Morgan fingerprint density at radius 2 is 1.96 bits per heavy atom. The van der Waals surface area contributed by atoms with Gasteiger partial charge in [-0.2, -0.15) is 0 Å². The van der Waals surface area contributed by atoms with Crippen molar-refractivity contribution in [2.75, 3.05) is 0 Å². The fraction of sp³-hybridized carbons (Fsp3) is 0.789. The first kappa shape index (κ1) is 14.2. The number of aliphatic hydroxyl groups is 1. The van der Waals surface area contributed by atoms with E-state index in [1.165, 1.54) is 5.57 Å². The molecule has 6 aliphatic rings. The van der Waals surface area contributed by atoms with Gasteiger partial charge in [-0.1, -0.05) is 19.4 Å². The van der Waals surface area contributed by atoms with Crippen LogP contribution in [0.25, 0.3) is 0 Å². The molecule has 0 amide bonds. The number of hydrogen-bond acceptors (Lipinski definition) is 4. The van der Waals surface area contributed by atoms with Crippen molar-refractivity contribution < 1.29 is 19.4 Å². The van der Waals surface area contributed by atoms with E-state index in [9.17, 15) is 14.7 Å². The highest BCUT2D eigenvalue weighted by atomic mass is 16.5. The van der Waals surface area contributed by atoms with Gasteiger partial charge in [-0.3, -0.25) is 9.59 Å². The number of carbonyl (C=O) groups is 2. The molecule has 2 saturated carbocycles. The van der Waals surface area contributed by atoms with Gasteiger partial charge in [0, 0.05) is 5.92 Å². The number of Topliss-reactive ketones (excluding diaryl/α,β-unsaturated/α-hetero) is 1. The quantitative estimate of drug-likeness (QED) is 0.696. The van der Waals surface area contributed by atoms with Gasteiger partial charge in [0.05, 0.1) is 17.4 Å². The first-order valence-corrected chi connectivity index (χ1v) is 9.12. The van der Waals surface area contributed by atoms with Crippen molar-refractivity contribution in [1.82, 2.24) is 0 Å². The maximum Gasteiger partial charge on any atom is 0.313 e. The number of rotatable bonds is 0. The lowest BCUT2D eigenvalue weighted by Crippen LogP contribution is -2.64. The van der Waals surface area contributed by atoms with Crippen LogP contribution in [0.1, 0.15) is 46.0 Å². The van der Waals surface area contributed by atoms with Gasteiger partial charge in [-0.25, -0.2) is 0 Å². The van der Waals surface area contributed by atoms with Gasteiger partial charge < -0.3 is 9.84 Å². The van der Waals surface area contributed by atoms with E-state index in [4.69, 9.17) is 4.74 Å². The number of hydrogen-bond donors (Lipinski definition) is 1. The number of allylic oxidation sites excluding steroid dienone is 2. The Labute approximate surface area is 136 Å². The second-order valence-corrected chi connectivity index (χ2v) is 8.62. The Morgan fingerprint density at radius 1 is 1.17 bits per heavy atom. The summed E-state index contributed by atoms with van der Waals surface area (Å²) in [5, 5.41) is 10.3. The van der Waals surface area contributed by atoms with Crippen LogP contribution in [0.15, 0.2) is 11.1 Å². The van der Waals surface area contributed by atoms with E-state index in [0.717, 1.165) is 31.3 Å². The highest BCUT2D eigenvalue weighted by Crippen LogP contribution is 2.67. The summed E-state index contributed by atoms with van der Waals surface area (Å²) in [7, 11) is 0. The molecule has 4 heteroatoms. The van der Waals surface area contributed by atoms with Crippen molar-refractivity contribution in [3.05, 3.63) is 11.1 Å². The fourth-order valence-corrected chi connectivity index (χ4v) is 6.79. The minimum atomic E-state index is -0.475. The maximum atomic E-state index is 13.2. The Hall–Kier alpha value is -1.16. The van der Waals surface area contributed by atoms with E-state index in [2.05, 4.69) is 13.8 Å². The molecule has 124 valence electrons. The second kappa shape index (κ2) is 4.27. The molecule has 23 heavy (non-hydrogen) atoms. The lowest BCUT2D eigenvalue weighted by atomic mass is 9.48. The molecule has 4 nitrogen and oxygen atoms in total. The molecule has 2 aliphatic heterocycles. The molecule has 2 saturated heterocycles. The SMILES string of the molecule is CC1C[C@H]2OC(=O)[C@]13CC[C@@H]1C[C@H](O)C[C@H](C)C4=C1[C@@H]3[C@@H]2C4=O. The van der Waals surface area contributed by atoms with Gasteiger partial charge in [0.15, 0.2) is 5.78 Å². The summed E-state index contributed by atoms with van der Waals surface area (Å²) in [4.78, 5) is 26.0. The van der Waals surface area contributed by atoms with Crippen LogP contribution in [0.2, 0.25) is 0 Å². The van der Waals surface area contributed by atoms with E-state index < -0.39 is 5.41 Å². The van der Waals surface area contributed by atoms with E-state index in [1.54, 1.807) is 0 Å². The monoisotopic (exact) mass is 316 g/mol. The average Bonchev–Trinajstić information content (AvgIpc) is 2.72. The first-order valence-electron chi connectivity index (χ1n) is 9.12. The summed E-state index contributed by atoms with van der Waals surface area (Å²) < 4.78 is 5.72. The summed E-state index contributed by atoms with van der Waals surface area (Å²) in [5.74, 6) is 0.782. The Morgan fingerprint density at radius 3 is 2.70 bits per heavy atom. The second-order valence-electron chi connectivity index (χ2n) is 8.62. The van der Waals surface area contributed by atoms with Gasteiger partial charge >= 0.3 is 5.97 Å². The first-order chi connectivity index (χ1) is 10.9. The molecule has 2 bridgehead atoms. The maximum absolute atomic E-state index is 13.2. The molecule has 0 radical (unpaired) electrons. The van der Waals surface area contributed by atoms with Crippen molar-refractivity contribution in [3.8, 4) is 0 Å². The van der Waals surface area contributed by atoms with Gasteiger partial charge in [-0.05, 0) is 55.4 Å². The van der Waals surface area contributed by atoms with E-state index in [-0.39, 0.29) is 47.6 Å². The Kier molecular flexibility index (Phi) is 2.64. The molecule has 1 spiro atoms. The van der Waals surface area contributed by atoms with Crippen molar-refractivity contribution in [1.29, 1.82) is 0 Å². The average molecular weight is 316 g/mol. The molecule has 4 fully saturated rings. The summed E-state index contributed by atoms with van der Waals surface area (Å²) in [6.07, 6.45) is 3.43. The number of aliphatic hydroxyl groups excluding tert-OH is 1. The van der Waals surface area contributed by atoms with Crippen LogP contribution in [-0.4, -0.2) is 29.1 Å². The van der Waals surface area contributed by atoms with Crippen LogP contribution < -0.4 is 0 Å². The standard InChI is InChI=1S/C19H24O4/c1-8-5-11(20)7-10-3-4-19-9(2)6-12(23-18(19)22)15-16(19)14(10)13(8)17(15)21/h8-12,15-16,20H,3-7H2,1-2H3/t8-,9?,10+,11+,12+,15+,16+,19+/m0/s1. The zero-order chi connectivity index (χ0) is 16.1. The van der Waals surface area contributed by atoms with E-state index >= 15 is 0 Å². The molecule has 0 aromatic rings. The molecule has 2 heterocycles. The lowest BCUT2D eigenvalue weighted by molar-refractivity contribution is -0.215. The number of ketones is 1. The minimum Gasteiger partial charge on any atom is -0.461 e. The Balaban J connectivity index is 1.73. The molecule has 0 aromatic carbocycles. The molecular weight excluding hydrogens is 292 g/mol. The van der Waals surface area contributed by atoms with Crippen LogP contribution in [0.3, 0.4) is 0 Å². The minimum absolute atomic E-state index is 0.0556. The van der Waals surface area contributed by atoms with Gasteiger partial charge in [0.25, 0.3) is 0 Å². The number of carbonyl (C=O) groups excluding carboxylic acids is 2. The molecule has 0 aromatic heterocycles. The van der Waals surface area contributed by atoms with E-state index in [0.29, 0.717) is 12.3 Å². The number of ether oxygens (including phenoxy) is 1. The zero-order valence-electron chi connectivity index (χ0n) is 13.7. The van der Waals surface area contributed by atoms with Crippen molar-refractivity contribution in [2.45, 2.75) is 58.2 Å². The normalized spacial score (nSPS) is 54.0. The van der Waals surface area contributed by atoms with Crippen molar-refractivity contribution >= 4 is 11.8 Å². The third-order valence-electron chi connectivity index (χ3n) is 7.65. The molecule has 1 N–H and O–H groups in total.